The minimum absolute atomic E-state index is 0.217. The highest BCUT2D eigenvalue weighted by Crippen LogP contribution is 2.24. The van der Waals surface area contributed by atoms with Gasteiger partial charge in [-0.1, -0.05) is 22.0 Å². The van der Waals surface area contributed by atoms with Crippen LogP contribution in [-0.4, -0.2) is 14.9 Å². The molecular weight excluding hydrogens is 272 g/mol. The molecule has 5 N–H and O–H groups in total. The molecule has 0 aliphatic heterocycles. The Morgan fingerprint density at radius 2 is 2.12 bits per heavy atom. The van der Waals surface area contributed by atoms with E-state index in [1.54, 1.807) is 0 Å². The van der Waals surface area contributed by atoms with E-state index in [0.717, 1.165) is 10.2 Å². The molecule has 0 atom stereocenters. The van der Waals surface area contributed by atoms with E-state index in [2.05, 4.69) is 21.0 Å². The van der Waals surface area contributed by atoms with Crippen molar-refractivity contribution < 1.29 is 5.11 Å². The Morgan fingerprint density at radius 3 is 2.69 bits per heavy atom. The van der Waals surface area contributed by atoms with Crippen LogP contribution >= 0.6 is 15.9 Å². The lowest BCUT2D eigenvalue weighted by atomic mass is 10.3. The average Bonchev–Trinajstić information content (AvgIpc) is 2.54. The molecule has 2 rings (SSSR count). The molecule has 0 bridgehead atoms. The molecule has 1 heterocycles. The minimum atomic E-state index is -0.217. The molecular formula is C10H11BrN4O. The number of rotatable bonds is 2. The molecule has 16 heavy (non-hydrogen) atoms. The van der Waals surface area contributed by atoms with E-state index in [4.69, 9.17) is 16.6 Å². The lowest BCUT2D eigenvalue weighted by Crippen LogP contribution is -2.02. The van der Waals surface area contributed by atoms with Gasteiger partial charge in [0.15, 0.2) is 5.82 Å². The van der Waals surface area contributed by atoms with Gasteiger partial charge < -0.3 is 16.6 Å². The summed E-state index contributed by atoms with van der Waals surface area (Å²) in [5.41, 5.74) is 12.7. The summed E-state index contributed by atoms with van der Waals surface area (Å²) < 4.78 is 2.43. The van der Waals surface area contributed by atoms with Crippen LogP contribution in [0.4, 0.5) is 11.6 Å². The number of aliphatic hydroxyl groups excluding tert-OH is 1. The molecule has 0 fully saturated rings. The molecule has 0 unspecified atom stereocenters. The third kappa shape index (κ3) is 1.77. The first kappa shape index (κ1) is 11.0. The zero-order valence-corrected chi connectivity index (χ0v) is 9.98. The molecule has 0 radical (unpaired) electrons. The van der Waals surface area contributed by atoms with Crippen LogP contribution < -0.4 is 11.5 Å². The molecule has 6 heteroatoms. The molecule has 0 saturated heterocycles. The highest BCUT2D eigenvalue weighted by atomic mass is 79.9. The molecule has 5 nitrogen and oxygen atoms in total. The Bertz CT molecular complexity index is 524. The van der Waals surface area contributed by atoms with Gasteiger partial charge in [-0.2, -0.15) is 0 Å². The fourth-order valence-corrected chi connectivity index (χ4v) is 1.83. The molecule has 0 saturated carbocycles. The van der Waals surface area contributed by atoms with Crippen molar-refractivity contribution in [2.45, 2.75) is 6.61 Å². The SMILES string of the molecule is Nc1nn(-c2cccc(Br)c2)c(N)c1CO. The first-order chi connectivity index (χ1) is 7.63. The number of hydrogen-bond acceptors (Lipinski definition) is 4. The highest BCUT2D eigenvalue weighted by molar-refractivity contribution is 9.10. The van der Waals surface area contributed by atoms with Crippen molar-refractivity contribution in [1.82, 2.24) is 9.78 Å². The summed E-state index contributed by atoms with van der Waals surface area (Å²) in [5.74, 6) is 0.609. The predicted molar refractivity (Wildman–Crippen MR) is 66.0 cm³/mol. The van der Waals surface area contributed by atoms with Crippen molar-refractivity contribution in [2.75, 3.05) is 11.5 Å². The topological polar surface area (TPSA) is 90.1 Å². The minimum Gasteiger partial charge on any atom is -0.391 e. The summed E-state index contributed by atoms with van der Waals surface area (Å²) >= 11 is 3.36. The van der Waals surface area contributed by atoms with Crippen LogP contribution in [0.3, 0.4) is 0 Å². The van der Waals surface area contributed by atoms with Gasteiger partial charge in [-0.25, -0.2) is 4.68 Å². The quantitative estimate of drug-likeness (QED) is 0.774. The second-order valence-corrected chi connectivity index (χ2v) is 4.21. The van der Waals surface area contributed by atoms with Gasteiger partial charge in [-0.15, -0.1) is 5.10 Å². The van der Waals surface area contributed by atoms with Gasteiger partial charge >= 0.3 is 0 Å². The van der Waals surface area contributed by atoms with Crippen LogP contribution in [0, 0.1) is 0 Å². The first-order valence-corrected chi connectivity index (χ1v) is 5.42. The number of aromatic nitrogens is 2. The predicted octanol–water partition coefficient (Wildman–Crippen LogP) is 1.29. The van der Waals surface area contributed by atoms with E-state index in [1.165, 1.54) is 4.68 Å². The third-order valence-electron chi connectivity index (χ3n) is 2.27. The molecule has 0 spiro atoms. The standard InChI is InChI=1S/C10H11BrN4O/c11-6-2-1-3-7(4-6)15-10(13)8(5-16)9(12)14-15/h1-4,16H,5,13H2,(H2,12,14). The fourth-order valence-electron chi connectivity index (χ4n) is 1.45. The lowest BCUT2D eigenvalue weighted by Gasteiger charge is -2.04. The van der Waals surface area contributed by atoms with Crippen molar-refractivity contribution in [3.63, 3.8) is 0 Å². The average molecular weight is 283 g/mol. The van der Waals surface area contributed by atoms with E-state index in [0.29, 0.717) is 11.4 Å². The van der Waals surface area contributed by atoms with E-state index >= 15 is 0 Å². The Morgan fingerprint density at radius 1 is 1.38 bits per heavy atom. The van der Waals surface area contributed by atoms with Crippen molar-refractivity contribution in [3.05, 3.63) is 34.3 Å². The van der Waals surface area contributed by atoms with Gasteiger partial charge in [0.1, 0.15) is 5.82 Å². The number of nitrogens with two attached hydrogens (primary N) is 2. The maximum absolute atomic E-state index is 9.09. The normalized spacial score (nSPS) is 10.6. The molecule has 84 valence electrons. The van der Waals surface area contributed by atoms with Crippen LogP contribution in [0.1, 0.15) is 5.56 Å². The smallest absolute Gasteiger partial charge is 0.153 e. The molecule has 1 aromatic carbocycles. The van der Waals surface area contributed by atoms with E-state index in [-0.39, 0.29) is 12.4 Å². The Hall–Kier alpha value is -1.53. The van der Waals surface area contributed by atoms with Crippen molar-refractivity contribution >= 4 is 27.6 Å². The zero-order valence-electron chi connectivity index (χ0n) is 8.39. The van der Waals surface area contributed by atoms with Crippen LogP contribution in [-0.2, 0) is 6.61 Å². The van der Waals surface area contributed by atoms with Crippen LogP contribution in [0.15, 0.2) is 28.7 Å². The van der Waals surface area contributed by atoms with Crippen molar-refractivity contribution in [2.24, 2.45) is 0 Å². The van der Waals surface area contributed by atoms with E-state index in [1.807, 2.05) is 24.3 Å². The van der Waals surface area contributed by atoms with Gasteiger partial charge in [0.2, 0.25) is 0 Å². The Kier molecular flexibility index (Phi) is 2.84. The van der Waals surface area contributed by atoms with Crippen LogP contribution in [0.25, 0.3) is 5.69 Å². The number of nitrogen functional groups attached to an aromatic ring is 2. The van der Waals surface area contributed by atoms with Gasteiger partial charge in [0, 0.05) is 4.47 Å². The second kappa shape index (κ2) is 4.15. The summed E-state index contributed by atoms with van der Waals surface area (Å²) in [6, 6.07) is 7.49. The van der Waals surface area contributed by atoms with Gasteiger partial charge in [0.05, 0.1) is 17.9 Å². The highest BCUT2D eigenvalue weighted by Gasteiger charge is 2.13. The van der Waals surface area contributed by atoms with E-state index < -0.39 is 0 Å². The zero-order chi connectivity index (χ0) is 11.7. The Balaban J connectivity index is 2.56. The number of aliphatic hydroxyl groups is 1. The molecule has 0 amide bonds. The third-order valence-corrected chi connectivity index (χ3v) is 2.76. The maximum atomic E-state index is 9.09. The monoisotopic (exact) mass is 282 g/mol. The van der Waals surface area contributed by atoms with Crippen LogP contribution in [0.5, 0.6) is 0 Å². The number of anilines is 2. The number of halogens is 1. The van der Waals surface area contributed by atoms with Crippen LogP contribution in [0.2, 0.25) is 0 Å². The van der Waals surface area contributed by atoms with E-state index in [9.17, 15) is 0 Å². The number of benzene rings is 1. The summed E-state index contributed by atoms with van der Waals surface area (Å²) in [6.07, 6.45) is 0. The van der Waals surface area contributed by atoms with Gasteiger partial charge in [0.25, 0.3) is 0 Å². The number of nitrogens with zero attached hydrogens (tertiary/aromatic N) is 2. The van der Waals surface area contributed by atoms with Gasteiger partial charge in [-0.05, 0) is 18.2 Å². The molecule has 1 aromatic heterocycles. The molecule has 0 aliphatic carbocycles. The second-order valence-electron chi connectivity index (χ2n) is 3.30. The summed E-state index contributed by atoms with van der Waals surface area (Å²) in [5, 5.41) is 13.2. The van der Waals surface area contributed by atoms with Crippen molar-refractivity contribution in [1.29, 1.82) is 0 Å². The largest absolute Gasteiger partial charge is 0.391 e. The fraction of sp³-hybridized carbons (Fsp3) is 0.100. The first-order valence-electron chi connectivity index (χ1n) is 4.63. The summed E-state index contributed by atoms with van der Waals surface area (Å²) in [6.45, 7) is -0.217. The molecule has 0 aliphatic rings. The maximum Gasteiger partial charge on any atom is 0.153 e. The summed E-state index contributed by atoms with van der Waals surface area (Å²) in [7, 11) is 0. The summed E-state index contributed by atoms with van der Waals surface area (Å²) in [4.78, 5) is 0. The van der Waals surface area contributed by atoms with Gasteiger partial charge in [-0.3, -0.25) is 0 Å². The Labute approximate surface area is 101 Å². The molecule has 2 aromatic rings. The number of hydrogen-bond donors (Lipinski definition) is 3. The lowest BCUT2D eigenvalue weighted by molar-refractivity contribution is 0.283. The van der Waals surface area contributed by atoms with Crippen molar-refractivity contribution in [3.8, 4) is 5.69 Å².